The second kappa shape index (κ2) is 17.5. The second-order valence-electron chi connectivity index (χ2n) is 16.1. The Bertz CT molecular complexity index is 1360. The minimum Gasteiger partial charge on any atom is -0.504 e. The molecule has 10 atom stereocenters. The highest BCUT2D eigenvalue weighted by Gasteiger charge is 2.54. The standard InChI is InChI=1S/C37H57F6N3O7/c1-20-6-10-25(28-18-52-22(3)8-11-24(20)28)26(33(49)36(38,39)40)14-44-31(47)16-46(5)17-32(48)45-15-27(34(50)37(41,42)43)30-12-7-21(2)29-13-9-23(4)53-19-35(29,30)51/h20-25,28-30,49-51H,6-19H2,1-5H3,(H,44,47)(H,45,48)/b33-26-,34-27-/t20-,21-,22+,23+,24+,25?,28?,29+,30+,35-/m1/s1. The first-order valence-electron chi connectivity index (χ1n) is 18.8. The SMILES string of the molecule is C[C@@H]1CCC(/C(CNC(=O)CN(C)CC(=O)NC/C(=C(/O)C(F)(F)F)[C@@H]2CC[C@@H](C)[C@@H]3CC[C@H](C)OC[C@]23O)=C(\O)C(F)(F)F)C2CO[C@@H](C)CC[C@H]21. The summed E-state index contributed by atoms with van der Waals surface area (Å²) in [5, 5.41) is 37.5. The van der Waals surface area contributed by atoms with Crippen molar-refractivity contribution in [3.8, 4) is 0 Å². The van der Waals surface area contributed by atoms with Gasteiger partial charge in [0.05, 0.1) is 44.1 Å². The summed E-state index contributed by atoms with van der Waals surface area (Å²) in [6.07, 6.45) is -6.07. The fourth-order valence-corrected chi connectivity index (χ4v) is 9.34. The van der Waals surface area contributed by atoms with E-state index in [1.54, 1.807) is 0 Å². The van der Waals surface area contributed by atoms with Crippen molar-refractivity contribution in [2.24, 2.45) is 41.4 Å². The molecule has 2 aliphatic carbocycles. The zero-order valence-corrected chi connectivity index (χ0v) is 31.3. The minimum absolute atomic E-state index is 0.00395. The number of amides is 2. The van der Waals surface area contributed by atoms with Crippen LogP contribution in [0.5, 0.6) is 0 Å². The molecule has 304 valence electrons. The van der Waals surface area contributed by atoms with Gasteiger partial charge in [-0.1, -0.05) is 13.8 Å². The minimum atomic E-state index is -5.14. The lowest BCUT2D eigenvalue weighted by Crippen LogP contribution is -2.55. The number of hydrogen-bond acceptors (Lipinski definition) is 8. The van der Waals surface area contributed by atoms with E-state index in [4.69, 9.17) is 9.47 Å². The summed E-state index contributed by atoms with van der Waals surface area (Å²) in [7, 11) is 1.38. The van der Waals surface area contributed by atoms with Crippen molar-refractivity contribution in [2.75, 3.05) is 46.4 Å². The highest BCUT2D eigenvalue weighted by Crippen LogP contribution is 2.50. The van der Waals surface area contributed by atoms with Gasteiger partial charge in [0.15, 0.2) is 11.5 Å². The summed E-state index contributed by atoms with van der Waals surface area (Å²) in [4.78, 5) is 27.1. The first-order chi connectivity index (χ1) is 24.6. The van der Waals surface area contributed by atoms with Gasteiger partial charge in [0.1, 0.15) is 0 Å². The molecule has 2 aliphatic heterocycles. The largest absolute Gasteiger partial charge is 0.504 e. The summed E-state index contributed by atoms with van der Waals surface area (Å²) in [6.45, 7) is 5.55. The van der Waals surface area contributed by atoms with Crippen molar-refractivity contribution in [3.05, 3.63) is 22.7 Å². The average Bonchev–Trinajstić information content (AvgIpc) is 3.36. The number of carbonyl (C=O) groups excluding carboxylic acids is 2. The molecule has 0 aromatic heterocycles. The van der Waals surface area contributed by atoms with Gasteiger partial charge in [0.2, 0.25) is 11.8 Å². The molecule has 0 aromatic rings. The van der Waals surface area contributed by atoms with Crippen LogP contribution in [-0.4, -0.2) is 109 Å². The van der Waals surface area contributed by atoms with E-state index in [0.29, 0.717) is 32.1 Å². The number of allylic oxidation sites excluding steroid dienone is 2. The summed E-state index contributed by atoms with van der Waals surface area (Å²) in [5.74, 6) is -7.26. The third-order valence-corrected chi connectivity index (χ3v) is 12.3. The smallest absolute Gasteiger partial charge is 0.448 e. The van der Waals surface area contributed by atoms with E-state index in [-0.39, 0.29) is 67.0 Å². The van der Waals surface area contributed by atoms with Crippen molar-refractivity contribution >= 4 is 11.8 Å². The molecule has 5 N–H and O–H groups in total. The molecule has 4 rings (SSSR count). The van der Waals surface area contributed by atoms with Crippen LogP contribution in [-0.2, 0) is 19.1 Å². The molecule has 0 bridgehead atoms. The molecule has 0 radical (unpaired) electrons. The molecule has 16 heteroatoms. The van der Waals surface area contributed by atoms with Gasteiger partial charge in [0, 0.05) is 24.6 Å². The van der Waals surface area contributed by atoms with Crippen molar-refractivity contribution in [1.29, 1.82) is 0 Å². The van der Waals surface area contributed by atoms with Crippen molar-refractivity contribution < 1.29 is 60.7 Å². The maximum absolute atomic E-state index is 13.9. The molecule has 2 saturated carbocycles. The van der Waals surface area contributed by atoms with Gasteiger partial charge in [-0.15, -0.1) is 0 Å². The molecule has 4 fully saturated rings. The van der Waals surface area contributed by atoms with E-state index in [9.17, 15) is 51.3 Å². The van der Waals surface area contributed by atoms with Gasteiger partial charge in [-0.2, -0.15) is 26.3 Å². The van der Waals surface area contributed by atoms with Gasteiger partial charge in [-0.3, -0.25) is 14.5 Å². The molecule has 2 amide bonds. The Morgan fingerprint density at radius 2 is 1.25 bits per heavy atom. The fourth-order valence-electron chi connectivity index (χ4n) is 9.34. The van der Waals surface area contributed by atoms with E-state index in [2.05, 4.69) is 17.6 Å². The number of aliphatic hydroxyl groups is 3. The number of hydrogen-bond donors (Lipinski definition) is 5. The third kappa shape index (κ3) is 10.6. The summed E-state index contributed by atoms with van der Waals surface area (Å²) < 4.78 is 95.1. The number of alkyl halides is 6. The molecular formula is C37H57F6N3O7. The van der Waals surface area contributed by atoms with E-state index in [1.807, 2.05) is 20.8 Å². The summed E-state index contributed by atoms with van der Waals surface area (Å²) in [6, 6.07) is 0. The number of halogens is 6. The predicted octanol–water partition coefficient (Wildman–Crippen LogP) is 5.97. The maximum Gasteiger partial charge on any atom is 0.448 e. The van der Waals surface area contributed by atoms with Crippen LogP contribution >= 0.6 is 0 Å². The van der Waals surface area contributed by atoms with Gasteiger partial charge >= 0.3 is 12.4 Å². The van der Waals surface area contributed by atoms with Crippen LogP contribution in [0, 0.1) is 41.4 Å². The van der Waals surface area contributed by atoms with Gasteiger partial charge in [-0.25, -0.2) is 0 Å². The zero-order valence-electron chi connectivity index (χ0n) is 31.3. The lowest BCUT2D eigenvalue weighted by atomic mass is 9.61. The third-order valence-electron chi connectivity index (χ3n) is 12.3. The first-order valence-corrected chi connectivity index (χ1v) is 18.8. The van der Waals surface area contributed by atoms with Crippen LogP contribution in [0.1, 0.15) is 79.1 Å². The zero-order chi connectivity index (χ0) is 39.5. The van der Waals surface area contributed by atoms with Crippen molar-refractivity contribution in [2.45, 2.75) is 109 Å². The fraction of sp³-hybridized carbons (Fsp3) is 0.838. The predicted molar refractivity (Wildman–Crippen MR) is 183 cm³/mol. The van der Waals surface area contributed by atoms with Crippen LogP contribution in [0.25, 0.3) is 0 Å². The number of carbonyl (C=O) groups is 2. The molecule has 2 saturated heterocycles. The van der Waals surface area contributed by atoms with Crippen LogP contribution in [0.4, 0.5) is 26.3 Å². The lowest BCUT2D eigenvalue weighted by molar-refractivity contribution is -0.148. The summed E-state index contributed by atoms with van der Waals surface area (Å²) in [5.41, 5.74) is -2.58. The molecule has 10 nitrogen and oxygen atoms in total. The second-order valence-corrected chi connectivity index (χ2v) is 16.1. The number of nitrogens with zero attached hydrogens (tertiary/aromatic N) is 1. The van der Waals surface area contributed by atoms with Crippen molar-refractivity contribution in [1.82, 2.24) is 15.5 Å². The molecular weight excluding hydrogens is 712 g/mol. The Labute approximate surface area is 307 Å². The topological polar surface area (TPSA) is 141 Å². The van der Waals surface area contributed by atoms with Gasteiger partial charge in [-0.05, 0) is 113 Å². The number of likely N-dealkylation sites (N-methyl/N-ethyl adjacent to an activating group) is 1. The van der Waals surface area contributed by atoms with E-state index in [1.165, 1.54) is 11.9 Å². The molecule has 4 aliphatic rings. The highest BCUT2D eigenvalue weighted by atomic mass is 19.4. The normalized spacial score (nSPS) is 35.2. The highest BCUT2D eigenvalue weighted by molar-refractivity contribution is 5.81. The Morgan fingerprint density at radius 3 is 1.85 bits per heavy atom. The Morgan fingerprint density at radius 1 is 0.717 bits per heavy atom. The maximum atomic E-state index is 13.9. The molecule has 0 aromatic carbocycles. The van der Waals surface area contributed by atoms with Crippen molar-refractivity contribution in [3.63, 3.8) is 0 Å². The number of ether oxygens (including phenoxy) is 2. The van der Waals surface area contributed by atoms with E-state index < -0.39 is 84.9 Å². The summed E-state index contributed by atoms with van der Waals surface area (Å²) >= 11 is 0. The van der Waals surface area contributed by atoms with Gasteiger partial charge < -0.3 is 35.4 Å². The molecule has 53 heavy (non-hydrogen) atoms. The number of nitrogens with one attached hydrogen (secondary N) is 2. The number of rotatable bonds is 10. The number of fused-ring (bicyclic) bond motifs is 2. The van der Waals surface area contributed by atoms with Crippen LogP contribution in [0.2, 0.25) is 0 Å². The Hall–Kier alpha value is -2.56. The first kappa shape index (κ1) is 43.2. The Balaban J connectivity index is 1.40. The van der Waals surface area contributed by atoms with E-state index >= 15 is 0 Å². The van der Waals surface area contributed by atoms with Crippen LogP contribution < -0.4 is 10.6 Å². The number of aliphatic hydroxyl groups excluding tert-OH is 2. The van der Waals surface area contributed by atoms with E-state index in [0.717, 1.165) is 12.8 Å². The van der Waals surface area contributed by atoms with Gasteiger partial charge in [0.25, 0.3) is 0 Å². The average molecular weight is 770 g/mol. The molecule has 2 heterocycles. The van der Waals surface area contributed by atoms with Crippen LogP contribution in [0.3, 0.4) is 0 Å². The monoisotopic (exact) mass is 769 g/mol. The molecule has 0 spiro atoms. The molecule has 2 unspecified atom stereocenters. The lowest BCUT2D eigenvalue weighted by Gasteiger charge is -2.49. The Kier molecular flexibility index (Phi) is 14.2. The quantitative estimate of drug-likeness (QED) is 0.135. The van der Waals surface area contributed by atoms with Crippen LogP contribution in [0.15, 0.2) is 22.7 Å².